The number of anilines is 1. The van der Waals surface area contributed by atoms with Crippen LogP contribution in [0.2, 0.25) is 0 Å². The first-order valence-electron chi connectivity index (χ1n) is 6.74. The van der Waals surface area contributed by atoms with Crippen molar-refractivity contribution in [2.75, 3.05) is 11.9 Å². The third kappa shape index (κ3) is 4.36. The molecule has 0 atom stereocenters. The molecule has 1 N–H and O–H groups in total. The van der Waals surface area contributed by atoms with E-state index in [0.717, 1.165) is 11.3 Å². The first-order valence-corrected chi connectivity index (χ1v) is 7.55. The van der Waals surface area contributed by atoms with Crippen LogP contribution in [0.1, 0.15) is 32.6 Å². The number of nitrogens with zero attached hydrogens (tertiary/aromatic N) is 1. The molecular formula is C15H14N2O5S. The van der Waals surface area contributed by atoms with Gasteiger partial charge >= 0.3 is 18.0 Å². The number of thiazole rings is 1. The molecule has 2 rings (SSSR count). The van der Waals surface area contributed by atoms with Crippen LogP contribution in [0.4, 0.5) is 9.93 Å². The van der Waals surface area contributed by atoms with Crippen LogP contribution >= 0.6 is 11.3 Å². The standard InChI is InChI=1S/C15H14N2O5S/c1-3-21-13(19)11-9(2)16-14(23-11)17-15(20)22-12(18)10-7-5-4-6-8-10/h4-8H,3H2,1-2H3,(H,16,17,20). The van der Waals surface area contributed by atoms with Crippen LogP contribution in [0.15, 0.2) is 30.3 Å². The molecule has 0 saturated heterocycles. The molecule has 1 heterocycles. The van der Waals surface area contributed by atoms with Crippen molar-refractivity contribution in [1.29, 1.82) is 0 Å². The van der Waals surface area contributed by atoms with E-state index in [4.69, 9.17) is 4.74 Å². The van der Waals surface area contributed by atoms with E-state index in [9.17, 15) is 14.4 Å². The molecule has 0 unspecified atom stereocenters. The summed E-state index contributed by atoms with van der Waals surface area (Å²) in [5, 5.41) is 2.47. The van der Waals surface area contributed by atoms with E-state index in [1.54, 1.807) is 32.0 Å². The number of carbonyl (C=O) groups is 3. The maximum Gasteiger partial charge on any atom is 0.421 e. The van der Waals surface area contributed by atoms with E-state index in [1.807, 2.05) is 0 Å². The predicted octanol–water partition coefficient (Wildman–Crippen LogP) is 3.02. The van der Waals surface area contributed by atoms with Gasteiger partial charge in [0.15, 0.2) is 5.13 Å². The van der Waals surface area contributed by atoms with Gasteiger partial charge in [0, 0.05) is 0 Å². The Labute approximate surface area is 136 Å². The summed E-state index contributed by atoms with van der Waals surface area (Å²) >= 11 is 0.950. The molecule has 1 aromatic heterocycles. The molecule has 23 heavy (non-hydrogen) atoms. The van der Waals surface area contributed by atoms with Crippen molar-refractivity contribution >= 4 is 34.5 Å². The predicted molar refractivity (Wildman–Crippen MR) is 83.7 cm³/mol. The number of rotatable bonds is 4. The van der Waals surface area contributed by atoms with Crippen LogP contribution in [0, 0.1) is 6.92 Å². The number of hydrogen-bond acceptors (Lipinski definition) is 7. The first-order chi connectivity index (χ1) is 11.0. The minimum atomic E-state index is -0.969. The Hall–Kier alpha value is -2.74. The summed E-state index contributed by atoms with van der Waals surface area (Å²) < 4.78 is 9.54. The second-order valence-electron chi connectivity index (χ2n) is 4.32. The van der Waals surface area contributed by atoms with Crippen LogP contribution in [0.5, 0.6) is 0 Å². The monoisotopic (exact) mass is 334 g/mol. The van der Waals surface area contributed by atoms with Crippen LogP contribution in [-0.2, 0) is 9.47 Å². The fourth-order valence-corrected chi connectivity index (χ4v) is 2.51. The molecule has 0 bridgehead atoms. The van der Waals surface area contributed by atoms with Gasteiger partial charge in [-0.25, -0.2) is 19.4 Å². The molecule has 8 heteroatoms. The number of carbonyl (C=O) groups excluding carboxylic acids is 3. The van der Waals surface area contributed by atoms with Gasteiger partial charge < -0.3 is 9.47 Å². The number of benzene rings is 1. The Bertz CT molecular complexity index is 727. The molecule has 0 aliphatic rings. The maximum atomic E-state index is 11.7. The summed E-state index contributed by atoms with van der Waals surface area (Å²) in [6.45, 7) is 3.56. The van der Waals surface area contributed by atoms with Crippen molar-refractivity contribution in [3.05, 3.63) is 46.5 Å². The van der Waals surface area contributed by atoms with Gasteiger partial charge in [-0.1, -0.05) is 29.5 Å². The topological polar surface area (TPSA) is 94.6 Å². The summed E-state index contributed by atoms with van der Waals surface area (Å²) in [5.74, 6) is -1.29. The quantitative estimate of drug-likeness (QED) is 0.682. The van der Waals surface area contributed by atoms with Crippen molar-refractivity contribution in [1.82, 2.24) is 4.98 Å². The fraction of sp³-hybridized carbons (Fsp3) is 0.200. The Morgan fingerprint density at radius 3 is 2.52 bits per heavy atom. The maximum absolute atomic E-state index is 11.7. The minimum Gasteiger partial charge on any atom is -0.462 e. The lowest BCUT2D eigenvalue weighted by Gasteiger charge is -2.02. The number of aromatic nitrogens is 1. The van der Waals surface area contributed by atoms with Gasteiger partial charge in [0.2, 0.25) is 0 Å². The molecule has 0 radical (unpaired) electrons. The average molecular weight is 334 g/mol. The average Bonchev–Trinajstić information content (AvgIpc) is 2.88. The lowest BCUT2D eigenvalue weighted by molar-refractivity contribution is 0.0530. The first kappa shape index (κ1) is 16.6. The zero-order valence-corrected chi connectivity index (χ0v) is 13.3. The molecule has 1 amide bonds. The van der Waals surface area contributed by atoms with Crippen molar-refractivity contribution in [2.24, 2.45) is 0 Å². The second kappa shape index (κ2) is 7.50. The Morgan fingerprint density at radius 2 is 1.87 bits per heavy atom. The zero-order chi connectivity index (χ0) is 16.8. The third-order valence-electron chi connectivity index (χ3n) is 2.66. The number of esters is 2. The van der Waals surface area contributed by atoms with E-state index in [0.29, 0.717) is 5.69 Å². The Morgan fingerprint density at radius 1 is 1.17 bits per heavy atom. The van der Waals surface area contributed by atoms with Gasteiger partial charge in [0.1, 0.15) is 4.88 Å². The highest BCUT2D eigenvalue weighted by Crippen LogP contribution is 2.23. The number of hydrogen-bond donors (Lipinski definition) is 1. The van der Waals surface area contributed by atoms with Crippen molar-refractivity contribution in [3.63, 3.8) is 0 Å². The van der Waals surface area contributed by atoms with Gasteiger partial charge in [0.25, 0.3) is 0 Å². The summed E-state index contributed by atoms with van der Waals surface area (Å²) in [5.41, 5.74) is 0.684. The van der Waals surface area contributed by atoms with E-state index in [2.05, 4.69) is 15.0 Å². The summed E-state index contributed by atoms with van der Waals surface area (Å²) in [6.07, 6.45) is -0.969. The molecule has 0 aliphatic heterocycles. The molecule has 7 nitrogen and oxygen atoms in total. The Balaban J connectivity index is 1.99. The van der Waals surface area contributed by atoms with Crippen molar-refractivity contribution in [3.8, 4) is 0 Å². The lowest BCUT2D eigenvalue weighted by Crippen LogP contribution is -2.18. The van der Waals surface area contributed by atoms with Gasteiger partial charge in [-0.2, -0.15) is 0 Å². The SMILES string of the molecule is CCOC(=O)c1sc(NC(=O)OC(=O)c2ccccc2)nc1C. The highest BCUT2D eigenvalue weighted by Gasteiger charge is 2.19. The fourth-order valence-electron chi connectivity index (χ4n) is 1.67. The van der Waals surface area contributed by atoms with Crippen LogP contribution in [0.25, 0.3) is 0 Å². The second-order valence-corrected chi connectivity index (χ2v) is 5.32. The molecule has 120 valence electrons. The van der Waals surface area contributed by atoms with Crippen LogP contribution < -0.4 is 5.32 Å². The van der Waals surface area contributed by atoms with Crippen LogP contribution in [0.3, 0.4) is 0 Å². The van der Waals surface area contributed by atoms with E-state index >= 15 is 0 Å². The highest BCUT2D eigenvalue weighted by atomic mass is 32.1. The van der Waals surface area contributed by atoms with Crippen molar-refractivity contribution in [2.45, 2.75) is 13.8 Å². The molecule has 0 spiro atoms. The number of amides is 1. The Kier molecular flexibility index (Phi) is 5.42. The normalized spacial score (nSPS) is 10.0. The lowest BCUT2D eigenvalue weighted by atomic mass is 10.2. The van der Waals surface area contributed by atoms with Gasteiger partial charge in [-0.05, 0) is 26.0 Å². The highest BCUT2D eigenvalue weighted by molar-refractivity contribution is 7.17. The summed E-state index contributed by atoms with van der Waals surface area (Å²) in [6, 6.07) is 8.12. The molecule has 0 fully saturated rings. The molecular weight excluding hydrogens is 320 g/mol. The summed E-state index contributed by atoms with van der Waals surface area (Å²) in [7, 11) is 0. The van der Waals surface area contributed by atoms with Crippen LogP contribution in [-0.4, -0.2) is 29.6 Å². The van der Waals surface area contributed by atoms with E-state index in [-0.39, 0.29) is 22.2 Å². The van der Waals surface area contributed by atoms with Crippen molar-refractivity contribution < 1.29 is 23.9 Å². The molecule has 1 aromatic carbocycles. The van der Waals surface area contributed by atoms with E-state index < -0.39 is 18.0 Å². The van der Waals surface area contributed by atoms with Gasteiger partial charge in [-0.15, -0.1) is 0 Å². The minimum absolute atomic E-state index is 0.149. The number of aryl methyl sites for hydroxylation is 1. The van der Waals surface area contributed by atoms with Gasteiger partial charge in [0.05, 0.1) is 17.9 Å². The molecule has 0 saturated carbocycles. The molecule has 0 aliphatic carbocycles. The third-order valence-corrected chi connectivity index (χ3v) is 3.71. The molecule has 2 aromatic rings. The zero-order valence-electron chi connectivity index (χ0n) is 12.5. The van der Waals surface area contributed by atoms with E-state index in [1.165, 1.54) is 12.1 Å². The summed E-state index contributed by atoms with van der Waals surface area (Å²) in [4.78, 5) is 39.4. The largest absolute Gasteiger partial charge is 0.462 e. The number of nitrogens with one attached hydrogen (secondary N) is 1. The number of ether oxygens (including phenoxy) is 2. The van der Waals surface area contributed by atoms with Gasteiger partial charge in [-0.3, -0.25) is 5.32 Å². The smallest absolute Gasteiger partial charge is 0.421 e.